The number of sulfonamides is 1. The van der Waals surface area contributed by atoms with Gasteiger partial charge in [0.2, 0.25) is 5.91 Å². The van der Waals surface area contributed by atoms with Crippen molar-refractivity contribution >= 4 is 27.7 Å². The molecular formula is C20H23N5O5S. The van der Waals surface area contributed by atoms with Gasteiger partial charge in [-0.25, -0.2) is 8.42 Å². The van der Waals surface area contributed by atoms with Gasteiger partial charge in [-0.2, -0.15) is 0 Å². The molecule has 2 aromatic carbocycles. The number of nitrogens with two attached hydrogens (primary N) is 1. The Morgan fingerprint density at radius 2 is 1.84 bits per heavy atom. The Hall–Kier alpha value is -3.28. The molecule has 1 atom stereocenters. The molecule has 1 aliphatic rings. The second-order valence-corrected chi connectivity index (χ2v) is 8.51. The van der Waals surface area contributed by atoms with Crippen LogP contribution >= 0.6 is 0 Å². The Labute approximate surface area is 179 Å². The monoisotopic (exact) mass is 445 g/mol. The second kappa shape index (κ2) is 9.69. The summed E-state index contributed by atoms with van der Waals surface area (Å²) in [7, 11) is -3.93. The lowest BCUT2D eigenvalue weighted by molar-refractivity contribution is -0.157. The average Bonchev–Trinajstić information content (AvgIpc) is 2.76. The molecule has 0 saturated carbocycles. The van der Waals surface area contributed by atoms with Gasteiger partial charge in [0.05, 0.1) is 24.5 Å². The van der Waals surface area contributed by atoms with Crippen LogP contribution in [-0.4, -0.2) is 50.3 Å². The fraction of sp³-hybridized carbons (Fsp3) is 0.250. The van der Waals surface area contributed by atoms with E-state index in [1.165, 1.54) is 12.1 Å². The first-order valence-electron chi connectivity index (χ1n) is 9.47. The van der Waals surface area contributed by atoms with E-state index in [1.807, 2.05) is 0 Å². The predicted octanol–water partition coefficient (Wildman–Crippen LogP) is 0.0979. The third-order valence-electron chi connectivity index (χ3n) is 4.58. The molecule has 1 saturated heterocycles. The van der Waals surface area contributed by atoms with E-state index in [4.69, 9.17) is 15.9 Å². The van der Waals surface area contributed by atoms with Crippen molar-refractivity contribution in [3.05, 3.63) is 65.7 Å². The molecule has 1 heterocycles. The first kappa shape index (κ1) is 22.4. The van der Waals surface area contributed by atoms with Gasteiger partial charge in [0.15, 0.2) is 0 Å². The van der Waals surface area contributed by atoms with Crippen molar-refractivity contribution in [2.24, 2.45) is 5.73 Å². The highest BCUT2D eigenvalue weighted by Crippen LogP contribution is 2.13. The summed E-state index contributed by atoms with van der Waals surface area (Å²) in [5, 5.41) is 11.0. The zero-order chi connectivity index (χ0) is 22.4. The van der Waals surface area contributed by atoms with Crippen molar-refractivity contribution in [3.63, 3.8) is 0 Å². The summed E-state index contributed by atoms with van der Waals surface area (Å²) in [5.74, 6) is -1.09. The number of nitrogens with zero attached hydrogens (tertiary/aromatic N) is 1. The highest BCUT2D eigenvalue weighted by Gasteiger charge is 2.34. The zero-order valence-corrected chi connectivity index (χ0v) is 17.4. The Morgan fingerprint density at radius 3 is 2.48 bits per heavy atom. The normalized spacial score (nSPS) is 16.7. The van der Waals surface area contributed by atoms with E-state index in [1.54, 1.807) is 42.5 Å². The number of nitrogens with one attached hydrogen (secondary N) is 3. The lowest BCUT2D eigenvalue weighted by Crippen LogP contribution is -2.56. The van der Waals surface area contributed by atoms with Gasteiger partial charge >= 0.3 is 0 Å². The van der Waals surface area contributed by atoms with E-state index in [-0.39, 0.29) is 36.8 Å². The van der Waals surface area contributed by atoms with Crippen molar-refractivity contribution in [2.75, 3.05) is 13.2 Å². The fourth-order valence-electron chi connectivity index (χ4n) is 2.92. The number of benzene rings is 2. The zero-order valence-electron chi connectivity index (χ0n) is 16.6. The van der Waals surface area contributed by atoms with Gasteiger partial charge in [-0.05, 0) is 17.7 Å². The van der Waals surface area contributed by atoms with E-state index in [0.29, 0.717) is 5.56 Å². The minimum atomic E-state index is -3.93. The molecule has 5 N–H and O–H groups in total. The summed E-state index contributed by atoms with van der Waals surface area (Å²) in [6, 6.07) is 14.5. The van der Waals surface area contributed by atoms with Gasteiger partial charge < -0.3 is 15.8 Å². The quantitative estimate of drug-likeness (QED) is 0.334. The number of amidine groups is 1. The number of hydrogen-bond donors (Lipinski definition) is 4. The molecule has 1 fully saturated rings. The largest absolute Gasteiger partial charge is 0.384 e. The molecule has 11 heteroatoms. The Bertz CT molecular complexity index is 1060. The molecule has 0 unspecified atom stereocenters. The first-order valence-corrected chi connectivity index (χ1v) is 10.9. The number of hydrogen-bond acceptors (Lipinski definition) is 6. The first-order chi connectivity index (χ1) is 14.8. The van der Waals surface area contributed by atoms with E-state index >= 15 is 0 Å². The van der Waals surface area contributed by atoms with Crippen LogP contribution < -0.4 is 15.9 Å². The summed E-state index contributed by atoms with van der Waals surface area (Å²) in [6.45, 7) is 0.349. The Kier molecular flexibility index (Phi) is 7.00. The van der Waals surface area contributed by atoms with Gasteiger partial charge in [-0.1, -0.05) is 42.5 Å². The lowest BCUT2D eigenvalue weighted by Gasteiger charge is -2.31. The standard InChI is InChI=1S/C20H23N5O5S/c21-19(22)15-8-6-14(7-9-15)13-23-18(26)12-17-20(27)25(10-11-30-17)24-31(28,29)16-4-2-1-3-5-16/h1-9,17,24H,10-13H2,(H3,21,22)(H,23,26)/t17-/m0/s1. The summed E-state index contributed by atoms with van der Waals surface area (Å²) in [4.78, 5) is 27.2. The molecule has 10 nitrogen and oxygen atoms in total. The third-order valence-corrected chi connectivity index (χ3v) is 5.94. The number of amides is 2. The molecule has 31 heavy (non-hydrogen) atoms. The number of nitrogen functional groups attached to an aromatic ring is 1. The molecule has 3 rings (SSSR count). The number of morpholine rings is 1. The van der Waals surface area contributed by atoms with Crippen LogP contribution in [-0.2, 0) is 30.9 Å². The molecule has 1 aliphatic heterocycles. The Balaban J connectivity index is 1.54. The molecule has 0 spiro atoms. The van der Waals surface area contributed by atoms with Crippen molar-refractivity contribution in [1.82, 2.24) is 15.2 Å². The Morgan fingerprint density at radius 1 is 1.16 bits per heavy atom. The van der Waals surface area contributed by atoms with Gasteiger partial charge in [0.25, 0.3) is 15.9 Å². The average molecular weight is 446 g/mol. The molecule has 2 aromatic rings. The fourth-order valence-corrected chi connectivity index (χ4v) is 4.01. The predicted molar refractivity (Wildman–Crippen MR) is 112 cm³/mol. The van der Waals surface area contributed by atoms with Crippen molar-refractivity contribution in [2.45, 2.75) is 24.0 Å². The van der Waals surface area contributed by atoms with Crippen LogP contribution in [0.1, 0.15) is 17.5 Å². The van der Waals surface area contributed by atoms with Crippen LogP contribution in [0, 0.1) is 5.41 Å². The second-order valence-electron chi connectivity index (χ2n) is 6.85. The van der Waals surface area contributed by atoms with Crippen molar-refractivity contribution in [1.29, 1.82) is 5.41 Å². The van der Waals surface area contributed by atoms with Crippen molar-refractivity contribution in [3.8, 4) is 0 Å². The summed E-state index contributed by atoms with van der Waals surface area (Å²) >= 11 is 0. The SMILES string of the molecule is N=C(N)c1ccc(CNC(=O)C[C@@H]2OCCN(NS(=O)(=O)c3ccccc3)C2=O)cc1. The minimum Gasteiger partial charge on any atom is -0.384 e. The smallest absolute Gasteiger partial charge is 0.267 e. The number of ether oxygens (including phenoxy) is 1. The summed E-state index contributed by atoms with van der Waals surface area (Å²) in [6.07, 6.45) is -1.33. The maximum absolute atomic E-state index is 12.6. The topological polar surface area (TPSA) is 155 Å². The van der Waals surface area contributed by atoms with Crippen LogP contribution in [0.5, 0.6) is 0 Å². The van der Waals surface area contributed by atoms with Crippen LogP contribution in [0.25, 0.3) is 0 Å². The number of carbonyl (C=O) groups excluding carboxylic acids is 2. The molecule has 0 radical (unpaired) electrons. The van der Waals surface area contributed by atoms with E-state index in [0.717, 1.165) is 10.6 Å². The van der Waals surface area contributed by atoms with E-state index in [9.17, 15) is 18.0 Å². The minimum absolute atomic E-state index is 0.0272. The molecule has 0 aromatic heterocycles. The highest BCUT2D eigenvalue weighted by molar-refractivity contribution is 7.89. The highest BCUT2D eigenvalue weighted by atomic mass is 32.2. The summed E-state index contributed by atoms with van der Waals surface area (Å²) < 4.78 is 30.3. The van der Waals surface area contributed by atoms with Gasteiger partial charge in [0.1, 0.15) is 11.9 Å². The molecular weight excluding hydrogens is 422 g/mol. The number of hydrazine groups is 1. The molecule has 0 aliphatic carbocycles. The van der Waals surface area contributed by atoms with Crippen LogP contribution in [0.4, 0.5) is 0 Å². The number of rotatable bonds is 8. The third kappa shape index (κ3) is 5.87. The van der Waals surface area contributed by atoms with Crippen LogP contribution in [0.3, 0.4) is 0 Å². The molecule has 2 amide bonds. The maximum Gasteiger partial charge on any atom is 0.267 e. The van der Waals surface area contributed by atoms with E-state index in [2.05, 4.69) is 10.1 Å². The summed E-state index contributed by atoms with van der Waals surface area (Å²) in [5.41, 5.74) is 6.78. The number of carbonyl (C=O) groups is 2. The van der Waals surface area contributed by atoms with E-state index < -0.39 is 27.9 Å². The van der Waals surface area contributed by atoms with Crippen LogP contribution in [0.2, 0.25) is 0 Å². The molecule has 0 bridgehead atoms. The lowest BCUT2D eigenvalue weighted by atomic mass is 10.1. The van der Waals surface area contributed by atoms with Gasteiger partial charge in [-0.15, -0.1) is 4.83 Å². The van der Waals surface area contributed by atoms with Gasteiger partial charge in [0, 0.05) is 12.1 Å². The van der Waals surface area contributed by atoms with Crippen LogP contribution in [0.15, 0.2) is 59.5 Å². The van der Waals surface area contributed by atoms with Crippen molar-refractivity contribution < 1.29 is 22.7 Å². The van der Waals surface area contributed by atoms with Gasteiger partial charge in [-0.3, -0.25) is 20.0 Å². The molecule has 164 valence electrons. The maximum atomic E-state index is 12.6.